The predicted octanol–water partition coefficient (Wildman–Crippen LogP) is 4.93. The van der Waals surface area contributed by atoms with E-state index in [9.17, 15) is 9.59 Å². The minimum absolute atomic E-state index is 0.00422. The van der Waals surface area contributed by atoms with E-state index in [1.165, 1.54) is 0 Å². The van der Waals surface area contributed by atoms with Gasteiger partial charge in [-0.2, -0.15) is 0 Å². The van der Waals surface area contributed by atoms with Gasteiger partial charge < -0.3 is 9.88 Å². The summed E-state index contributed by atoms with van der Waals surface area (Å²) in [5.41, 5.74) is 4.43. The van der Waals surface area contributed by atoms with Crippen LogP contribution < -0.4 is 5.32 Å². The molecule has 28 heavy (non-hydrogen) atoms. The summed E-state index contributed by atoms with van der Waals surface area (Å²) in [6.07, 6.45) is 0.810. The molecular weight excluding hydrogens is 348 g/mol. The number of Topliss-reactive ketones (excluding diaryl/α,β-unsaturated/α-hetero) is 1. The fourth-order valence-electron chi connectivity index (χ4n) is 3.54. The Morgan fingerprint density at radius 2 is 1.61 bits per heavy atom. The van der Waals surface area contributed by atoms with Crippen LogP contribution in [0.2, 0.25) is 0 Å². The number of hydrogen-bond acceptors (Lipinski definition) is 2. The van der Waals surface area contributed by atoms with Crippen molar-refractivity contribution >= 4 is 11.7 Å². The Bertz CT molecular complexity index is 959. The van der Waals surface area contributed by atoms with Crippen LogP contribution in [0.5, 0.6) is 0 Å². The molecule has 0 aliphatic heterocycles. The monoisotopic (exact) mass is 374 g/mol. The van der Waals surface area contributed by atoms with Crippen LogP contribution in [0.25, 0.3) is 11.3 Å². The molecule has 0 radical (unpaired) electrons. The van der Waals surface area contributed by atoms with E-state index in [4.69, 9.17) is 0 Å². The minimum Gasteiger partial charge on any atom is -0.348 e. The molecule has 144 valence electrons. The number of carbonyl (C=O) groups excluding carboxylic acids is 2. The number of ketones is 1. The molecule has 4 nitrogen and oxygen atoms in total. The van der Waals surface area contributed by atoms with Crippen molar-refractivity contribution in [1.82, 2.24) is 9.88 Å². The molecule has 1 atom stereocenters. The van der Waals surface area contributed by atoms with Crippen molar-refractivity contribution < 1.29 is 9.59 Å². The molecule has 1 amide bonds. The second-order valence-corrected chi connectivity index (χ2v) is 6.98. The number of carbonyl (C=O) groups is 2. The molecule has 1 unspecified atom stereocenters. The van der Waals surface area contributed by atoms with E-state index < -0.39 is 0 Å². The number of rotatable bonds is 7. The molecule has 3 aromatic rings. The maximum atomic E-state index is 12.9. The highest BCUT2D eigenvalue weighted by molar-refractivity contribution is 5.97. The largest absolute Gasteiger partial charge is 0.348 e. The van der Waals surface area contributed by atoms with E-state index in [1.807, 2.05) is 78.2 Å². The summed E-state index contributed by atoms with van der Waals surface area (Å²) in [4.78, 5) is 24.9. The number of benzene rings is 2. The third-order valence-electron chi connectivity index (χ3n) is 5.06. The van der Waals surface area contributed by atoms with Gasteiger partial charge in [0.2, 0.25) is 5.91 Å². The zero-order chi connectivity index (χ0) is 20.1. The molecule has 4 heteroatoms. The number of nitrogens with one attached hydrogen (secondary N) is 1. The lowest BCUT2D eigenvalue weighted by Gasteiger charge is -2.19. The van der Waals surface area contributed by atoms with Crippen molar-refractivity contribution in [3.05, 3.63) is 83.6 Å². The lowest BCUT2D eigenvalue weighted by Crippen LogP contribution is -2.31. The molecule has 0 aliphatic carbocycles. The van der Waals surface area contributed by atoms with Gasteiger partial charge in [-0.3, -0.25) is 9.59 Å². The van der Waals surface area contributed by atoms with Crippen molar-refractivity contribution in [2.75, 3.05) is 0 Å². The van der Waals surface area contributed by atoms with Gasteiger partial charge in [0.05, 0.1) is 6.04 Å². The van der Waals surface area contributed by atoms with Gasteiger partial charge in [0, 0.05) is 17.0 Å². The Morgan fingerprint density at radius 1 is 1.00 bits per heavy atom. The van der Waals surface area contributed by atoms with Crippen molar-refractivity contribution in [2.45, 2.75) is 39.8 Å². The van der Waals surface area contributed by atoms with Gasteiger partial charge in [-0.15, -0.1) is 0 Å². The van der Waals surface area contributed by atoms with Crippen LogP contribution in [-0.2, 0) is 11.3 Å². The summed E-state index contributed by atoms with van der Waals surface area (Å²) in [5, 5.41) is 3.13. The Kier molecular flexibility index (Phi) is 6.09. The van der Waals surface area contributed by atoms with Crippen LogP contribution in [-0.4, -0.2) is 16.3 Å². The van der Waals surface area contributed by atoms with Crippen LogP contribution in [0.3, 0.4) is 0 Å². The molecule has 0 saturated heterocycles. The third kappa shape index (κ3) is 4.22. The molecule has 1 N–H and O–H groups in total. The maximum Gasteiger partial charge on any atom is 0.240 e. The van der Waals surface area contributed by atoms with E-state index in [1.54, 1.807) is 6.92 Å². The molecular formula is C24H26N2O2. The topological polar surface area (TPSA) is 51.1 Å². The Balaban J connectivity index is 1.88. The summed E-state index contributed by atoms with van der Waals surface area (Å²) in [6.45, 7) is 5.68. The fraction of sp³-hybridized carbons (Fsp3) is 0.250. The van der Waals surface area contributed by atoms with Gasteiger partial charge in [-0.25, -0.2) is 0 Å². The second-order valence-electron chi connectivity index (χ2n) is 6.98. The highest BCUT2D eigenvalue weighted by Crippen LogP contribution is 2.26. The van der Waals surface area contributed by atoms with E-state index >= 15 is 0 Å². The van der Waals surface area contributed by atoms with Crippen LogP contribution in [0.1, 0.15) is 47.9 Å². The predicted molar refractivity (Wildman–Crippen MR) is 112 cm³/mol. The summed E-state index contributed by atoms with van der Waals surface area (Å²) < 4.78 is 1.93. The van der Waals surface area contributed by atoms with Crippen molar-refractivity contribution in [2.24, 2.45) is 0 Å². The third-order valence-corrected chi connectivity index (χ3v) is 5.06. The first-order valence-corrected chi connectivity index (χ1v) is 9.62. The number of hydrogen-bond donors (Lipinski definition) is 1. The lowest BCUT2D eigenvalue weighted by atomic mass is 10.0. The van der Waals surface area contributed by atoms with E-state index in [0.29, 0.717) is 5.56 Å². The highest BCUT2D eigenvalue weighted by atomic mass is 16.2. The van der Waals surface area contributed by atoms with Gasteiger partial charge in [-0.1, -0.05) is 67.6 Å². The van der Waals surface area contributed by atoms with E-state index in [0.717, 1.165) is 28.9 Å². The van der Waals surface area contributed by atoms with E-state index in [2.05, 4.69) is 12.2 Å². The molecule has 0 aliphatic rings. The normalized spacial score (nSPS) is 11.8. The van der Waals surface area contributed by atoms with Crippen LogP contribution in [0.4, 0.5) is 0 Å². The molecule has 0 fully saturated rings. The van der Waals surface area contributed by atoms with E-state index in [-0.39, 0.29) is 24.3 Å². The van der Waals surface area contributed by atoms with Gasteiger partial charge in [0.1, 0.15) is 6.54 Å². The smallest absolute Gasteiger partial charge is 0.240 e. The molecule has 0 saturated carbocycles. The van der Waals surface area contributed by atoms with Crippen LogP contribution >= 0.6 is 0 Å². The van der Waals surface area contributed by atoms with Crippen LogP contribution in [0, 0.1) is 6.92 Å². The summed E-state index contributed by atoms with van der Waals surface area (Å²) in [6, 6.07) is 21.7. The van der Waals surface area contributed by atoms with Gasteiger partial charge in [-0.05, 0) is 37.5 Å². The first-order valence-electron chi connectivity index (χ1n) is 9.62. The zero-order valence-electron chi connectivity index (χ0n) is 16.6. The Morgan fingerprint density at radius 3 is 2.18 bits per heavy atom. The van der Waals surface area contributed by atoms with Gasteiger partial charge in [0.25, 0.3) is 0 Å². The molecule has 1 heterocycles. The SMILES string of the molecule is CCC(NC(=O)Cn1c(-c2ccccc2)cc(C(C)=O)c1C)c1ccccc1. The number of nitrogens with zero attached hydrogens (tertiary/aromatic N) is 1. The molecule has 3 rings (SSSR count). The Labute approximate surface area is 166 Å². The molecule has 2 aromatic carbocycles. The lowest BCUT2D eigenvalue weighted by molar-refractivity contribution is -0.122. The minimum atomic E-state index is -0.0679. The summed E-state index contributed by atoms with van der Waals surface area (Å²) in [5.74, 6) is -0.0637. The maximum absolute atomic E-state index is 12.9. The molecule has 0 spiro atoms. The molecule has 1 aromatic heterocycles. The summed E-state index contributed by atoms with van der Waals surface area (Å²) in [7, 11) is 0. The second kappa shape index (κ2) is 8.70. The standard InChI is InChI=1S/C24H26N2O2/c1-4-22(19-11-7-5-8-12-19)25-24(28)16-26-17(2)21(18(3)27)15-23(26)20-13-9-6-10-14-20/h5-15,22H,4,16H2,1-3H3,(H,25,28). The van der Waals surface area contributed by atoms with Gasteiger partial charge >= 0.3 is 0 Å². The fourth-order valence-corrected chi connectivity index (χ4v) is 3.54. The Hall–Kier alpha value is -3.14. The highest BCUT2D eigenvalue weighted by Gasteiger charge is 2.19. The number of aromatic nitrogens is 1. The first kappa shape index (κ1) is 19.6. The average Bonchev–Trinajstić information content (AvgIpc) is 3.04. The van der Waals surface area contributed by atoms with Crippen molar-refractivity contribution in [3.8, 4) is 11.3 Å². The van der Waals surface area contributed by atoms with Crippen LogP contribution in [0.15, 0.2) is 66.7 Å². The molecule has 0 bridgehead atoms. The zero-order valence-corrected chi connectivity index (χ0v) is 16.6. The van der Waals surface area contributed by atoms with Crippen molar-refractivity contribution in [1.29, 1.82) is 0 Å². The number of amides is 1. The summed E-state index contributed by atoms with van der Waals surface area (Å²) >= 11 is 0. The quantitative estimate of drug-likeness (QED) is 0.596. The van der Waals surface area contributed by atoms with Gasteiger partial charge in [0.15, 0.2) is 5.78 Å². The average molecular weight is 374 g/mol. The van der Waals surface area contributed by atoms with Crippen molar-refractivity contribution in [3.63, 3.8) is 0 Å². The first-order chi connectivity index (χ1) is 13.5.